The second-order valence-corrected chi connectivity index (χ2v) is 6.74. The van der Waals surface area contributed by atoms with E-state index in [1.807, 2.05) is 45.0 Å². The fraction of sp³-hybridized carbons (Fsp3) is 0.444. The summed E-state index contributed by atoms with van der Waals surface area (Å²) in [4.78, 5) is 11.9. The van der Waals surface area contributed by atoms with Crippen LogP contribution in [0, 0.1) is 0 Å². The summed E-state index contributed by atoms with van der Waals surface area (Å²) < 4.78 is 16.4. The standard InChI is InChI=1S/C18H22N2O4/c1-18(2,3)23-17(21)19-11-16-14-6-4-5-13(12(14)8-10-22-16)15-7-9-20-24-15/h4-7,9,16H,8,10-11H2,1-3H3,(H,19,21)/t16-/m0/s1. The molecule has 6 nitrogen and oxygen atoms in total. The Morgan fingerprint density at radius 1 is 1.38 bits per heavy atom. The number of fused-ring (bicyclic) bond motifs is 1. The molecule has 24 heavy (non-hydrogen) atoms. The second kappa shape index (κ2) is 6.65. The van der Waals surface area contributed by atoms with Crippen LogP contribution in [-0.4, -0.2) is 30.0 Å². The molecular weight excluding hydrogens is 308 g/mol. The number of amides is 1. The third-order valence-electron chi connectivity index (χ3n) is 3.76. The quantitative estimate of drug-likeness (QED) is 0.932. The van der Waals surface area contributed by atoms with Crippen molar-refractivity contribution in [3.05, 3.63) is 41.6 Å². The minimum absolute atomic E-state index is 0.205. The van der Waals surface area contributed by atoms with Gasteiger partial charge in [-0.2, -0.15) is 0 Å². The Bertz CT molecular complexity index is 704. The molecule has 2 aromatic rings. The maximum Gasteiger partial charge on any atom is 0.407 e. The van der Waals surface area contributed by atoms with Gasteiger partial charge in [-0.3, -0.25) is 0 Å². The smallest absolute Gasteiger partial charge is 0.407 e. The van der Waals surface area contributed by atoms with Crippen LogP contribution in [0.3, 0.4) is 0 Å². The number of hydrogen-bond donors (Lipinski definition) is 1. The van der Waals surface area contributed by atoms with Crippen LogP contribution in [-0.2, 0) is 15.9 Å². The van der Waals surface area contributed by atoms with Crippen LogP contribution in [0.5, 0.6) is 0 Å². The number of rotatable bonds is 3. The molecule has 0 spiro atoms. The third kappa shape index (κ3) is 3.76. The highest BCUT2D eigenvalue weighted by Crippen LogP contribution is 2.34. The number of nitrogens with one attached hydrogen (secondary N) is 1. The van der Waals surface area contributed by atoms with Crippen molar-refractivity contribution in [1.82, 2.24) is 10.5 Å². The van der Waals surface area contributed by atoms with Gasteiger partial charge < -0.3 is 19.3 Å². The molecule has 0 saturated carbocycles. The van der Waals surface area contributed by atoms with Gasteiger partial charge in [0.1, 0.15) is 11.7 Å². The van der Waals surface area contributed by atoms with Crippen molar-refractivity contribution in [3.63, 3.8) is 0 Å². The first-order valence-corrected chi connectivity index (χ1v) is 8.05. The summed E-state index contributed by atoms with van der Waals surface area (Å²) in [6, 6.07) is 7.85. The summed E-state index contributed by atoms with van der Waals surface area (Å²) in [5, 5.41) is 6.56. The Morgan fingerprint density at radius 2 is 2.21 bits per heavy atom. The minimum Gasteiger partial charge on any atom is -0.444 e. The Morgan fingerprint density at radius 3 is 2.92 bits per heavy atom. The van der Waals surface area contributed by atoms with Crippen molar-refractivity contribution < 1.29 is 18.8 Å². The maximum atomic E-state index is 11.9. The van der Waals surface area contributed by atoms with Gasteiger partial charge in [0.2, 0.25) is 0 Å². The number of nitrogens with zero attached hydrogens (tertiary/aromatic N) is 1. The summed E-state index contributed by atoms with van der Waals surface area (Å²) in [6.45, 7) is 6.47. The zero-order valence-electron chi connectivity index (χ0n) is 14.2. The van der Waals surface area contributed by atoms with Gasteiger partial charge >= 0.3 is 6.09 Å². The van der Waals surface area contributed by atoms with Crippen LogP contribution in [0.1, 0.15) is 38.0 Å². The van der Waals surface area contributed by atoms with E-state index in [1.54, 1.807) is 6.20 Å². The molecule has 6 heteroatoms. The van der Waals surface area contributed by atoms with Gasteiger partial charge in [-0.1, -0.05) is 23.4 Å². The Balaban J connectivity index is 1.75. The highest BCUT2D eigenvalue weighted by molar-refractivity contribution is 5.68. The van der Waals surface area contributed by atoms with Gasteiger partial charge in [-0.05, 0) is 38.3 Å². The molecule has 0 saturated heterocycles. The van der Waals surface area contributed by atoms with Gasteiger partial charge in [-0.15, -0.1) is 0 Å². The molecule has 1 amide bonds. The largest absolute Gasteiger partial charge is 0.444 e. The minimum atomic E-state index is -0.519. The van der Waals surface area contributed by atoms with E-state index in [0.717, 1.165) is 23.3 Å². The zero-order chi connectivity index (χ0) is 17.2. The maximum absolute atomic E-state index is 11.9. The van der Waals surface area contributed by atoms with E-state index in [9.17, 15) is 4.79 Å². The van der Waals surface area contributed by atoms with Crippen molar-refractivity contribution in [2.45, 2.75) is 38.9 Å². The molecule has 128 valence electrons. The second-order valence-electron chi connectivity index (χ2n) is 6.74. The average Bonchev–Trinajstić information content (AvgIpc) is 3.05. The molecule has 0 bridgehead atoms. The lowest BCUT2D eigenvalue weighted by atomic mass is 9.92. The van der Waals surface area contributed by atoms with Crippen LogP contribution < -0.4 is 5.32 Å². The number of aromatic nitrogens is 1. The van der Waals surface area contributed by atoms with E-state index < -0.39 is 11.7 Å². The molecule has 0 aliphatic carbocycles. The number of alkyl carbamates (subject to hydrolysis) is 1. The zero-order valence-corrected chi connectivity index (χ0v) is 14.2. The molecule has 0 fully saturated rings. The molecule has 1 atom stereocenters. The Labute approximate surface area is 141 Å². The molecule has 1 aromatic carbocycles. The molecule has 1 aliphatic heterocycles. The van der Waals surface area contributed by atoms with Crippen LogP contribution in [0.25, 0.3) is 11.3 Å². The van der Waals surface area contributed by atoms with Crippen molar-refractivity contribution in [3.8, 4) is 11.3 Å². The van der Waals surface area contributed by atoms with Gasteiger partial charge in [0, 0.05) is 11.6 Å². The molecular formula is C18H22N2O4. The predicted octanol–water partition coefficient (Wildman–Crippen LogP) is 3.48. The Hall–Kier alpha value is -2.34. The first kappa shape index (κ1) is 16.5. The normalized spacial score (nSPS) is 17.2. The summed E-state index contributed by atoms with van der Waals surface area (Å²) >= 11 is 0. The molecule has 1 aromatic heterocycles. The monoisotopic (exact) mass is 330 g/mol. The number of carbonyl (C=O) groups is 1. The van der Waals surface area contributed by atoms with E-state index in [0.29, 0.717) is 13.2 Å². The van der Waals surface area contributed by atoms with E-state index in [-0.39, 0.29) is 6.10 Å². The number of hydrogen-bond acceptors (Lipinski definition) is 5. The SMILES string of the molecule is CC(C)(C)OC(=O)NC[C@@H]1OCCc2c(-c3ccno3)cccc21. The molecule has 0 unspecified atom stereocenters. The van der Waals surface area contributed by atoms with Gasteiger partial charge in [0.15, 0.2) is 5.76 Å². The first-order chi connectivity index (χ1) is 11.4. The van der Waals surface area contributed by atoms with E-state index >= 15 is 0 Å². The number of carbonyl (C=O) groups excluding carboxylic acids is 1. The van der Waals surface area contributed by atoms with Crippen LogP contribution in [0.15, 0.2) is 35.0 Å². The summed E-state index contributed by atoms with van der Waals surface area (Å²) in [7, 11) is 0. The first-order valence-electron chi connectivity index (χ1n) is 8.05. The van der Waals surface area contributed by atoms with Gasteiger partial charge in [0.05, 0.1) is 19.3 Å². The summed E-state index contributed by atoms with van der Waals surface area (Å²) in [5.41, 5.74) is 2.74. The number of ether oxygens (including phenoxy) is 2. The average molecular weight is 330 g/mol. The Kier molecular flexibility index (Phi) is 4.57. The molecule has 3 rings (SSSR count). The van der Waals surface area contributed by atoms with E-state index in [1.165, 1.54) is 5.56 Å². The fourth-order valence-electron chi connectivity index (χ4n) is 2.82. The van der Waals surface area contributed by atoms with Gasteiger partial charge in [-0.25, -0.2) is 4.79 Å². The highest BCUT2D eigenvalue weighted by Gasteiger charge is 2.25. The van der Waals surface area contributed by atoms with Crippen LogP contribution >= 0.6 is 0 Å². The van der Waals surface area contributed by atoms with Crippen molar-refractivity contribution in [2.75, 3.05) is 13.2 Å². The predicted molar refractivity (Wildman–Crippen MR) is 88.6 cm³/mol. The topological polar surface area (TPSA) is 73.6 Å². The van der Waals surface area contributed by atoms with Crippen LogP contribution in [0.4, 0.5) is 4.79 Å². The van der Waals surface area contributed by atoms with Crippen LogP contribution in [0.2, 0.25) is 0 Å². The molecule has 0 radical (unpaired) electrons. The highest BCUT2D eigenvalue weighted by atomic mass is 16.6. The fourth-order valence-corrected chi connectivity index (χ4v) is 2.82. The van der Waals surface area contributed by atoms with E-state index in [4.69, 9.17) is 14.0 Å². The molecule has 1 aliphatic rings. The summed E-state index contributed by atoms with van der Waals surface area (Å²) in [6.07, 6.45) is 1.79. The summed E-state index contributed by atoms with van der Waals surface area (Å²) in [5.74, 6) is 0.743. The molecule has 1 N–H and O–H groups in total. The lowest BCUT2D eigenvalue weighted by Gasteiger charge is -2.28. The van der Waals surface area contributed by atoms with Crippen molar-refractivity contribution >= 4 is 6.09 Å². The van der Waals surface area contributed by atoms with Crippen molar-refractivity contribution in [1.29, 1.82) is 0 Å². The lowest BCUT2D eigenvalue weighted by molar-refractivity contribution is 0.0289. The number of benzene rings is 1. The van der Waals surface area contributed by atoms with Gasteiger partial charge in [0.25, 0.3) is 0 Å². The lowest BCUT2D eigenvalue weighted by Crippen LogP contribution is -2.36. The third-order valence-corrected chi connectivity index (χ3v) is 3.76. The van der Waals surface area contributed by atoms with Crippen molar-refractivity contribution in [2.24, 2.45) is 0 Å². The van der Waals surface area contributed by atoms with E-state index in [2.05, 4.69) is 10.5 Å². The molecule has 2 heterocycles.